The van der Waals surface area contributed by atoms with Crippen LogP contribution in [0.2, 0.25) is 0 Å². The maximum Gasteiger partial charge on any atom is 0.410 e. The number of amides is 1. The van der Waals surface area contributed by atoms with Gasteiger partial charge in [0.1, 0.15) is 11.3 Å². The van der Waals surface area contributed by atoms with Gasteiger partial charge in [-0.25, -0.2) is 14.3 Å². The molecule has 0 spiro atoms. The predicted octanol–water partition coefficient (Wildman–Crippen LogP) is 1.01. The van der Waals surface area contributed by atoms with Crippen LogP contribution in [0, 0.1) is 0 Å². The number of carboxylic acids is 1. The highest BCUT2D eigenvalue weighted by molar-refractivity contribution is 5.86. The molecule has 0 aliphatic carbocycles. The second-order valence-electron chi connectivity index (χ2n) is 6.56. The standard InChI is InChI=1S/C14H23N5O4/c1-14(2,3)23-13(22)18-6-4-5-9(8-18)19-11(12(20)21)10(7-15)16-17-19/h9H,4-8,15H2,1-3H3,(H,20,21). The number of piperidine rings is 1. The van der Waals surface area contributed by atoms with Gasteiger partial charge in [0, 0.05) is 19.6 Å². The second-order valence-corrected chi connectivity index (χ2v) is 6.56. The number of rotatable bonds is 3. The average molecular weight is 325 g/mol. The number of nitrogens with two attached hydrogens (primary N) is 1. The van der Waals surface area contributed by atoms with E-state index in [0.717, 1.165) is 6.42 Å². The normalized spacial score (nSPS) is 18.8. The maximum atomic E-state index is 12.2. The molecule has 0 radical (unpaired) electrons. The SMILES string of the molecule is CC(C)(C)OC(=O)N1CCCC(n2nnc(CN)c2C(=O)O)C1. The van der Waals surface area contributed by atoms with Gasteiger partial charge in [-0.1, -0.05) is 5.21 Å². The van der Waals surface area contributed by atoms with E-state index in [1.807, 2.05) is 0 Å². The Morgan fingerprint density at radius 3 is 2.70 bits per heavy atom. The molecular formula is C14H23N5O4. The molecule has 9 heteroatoms. The Morgan fingerprint density at radius 2 is 2.13 bits per heavy atom. The Labute approximate surface area is 134 Å². The second kappa shape index (κ2) is 6.53. The molecule has 1 aromatic rings. The quantitative estimate of drug-likeness (QED) is 0.849. The molecule has 0 aromatic carbocycles. The summed E-state index contributed by atoms with van der Waals surface area (Å²) in [5, 5.41) is 17.1. The van der Waals surface area contributed by atoms with Crippen LogP contribution in [0.3, 0.4) is 0 Å². The smallest absolute Gasteiger partial charge is 0.410 e. The fourth-order valence-corrected chi connectivity index (χ4v) is 2.59. The monoisotopic (exact) mass is 325 g/mol. The Kier molecular flexibility index (Phi) is 4.88. The molecule has 3 N–H and O–H groups in total. The van der Waals surface area contributed by atoms with Crippen LogP contribution in [0.4, 0.5) is 4.79 Å². The number of aromatic nitrogens is 3. The number of ether oxygens (including phenoxy) is 1. The molecule has 1 atom stereocenters. The highest BCUT2D eigenvalue weighted by Gasteiger charge is 2.31. The summed E-state index contributed by atoms with van der Waals surface area (Å²) in [6, 6.07) is -0.254. The maximum absolute atomic E-state index is 12.2. The van der Waals surface area contributed by atoms with Crippen LogP contribution in [0.1, 0.15) is 55.8 Å². The van der Waals surface area contributed by atoms with Gasteiger partial charge in [-0.2, -0.15) is 0 Å². The molecule has 128 valence electrons. The van der Waals surface area contributed by atoms with E-state index >= 15 is 0 Å². The lowest BCUT2D eigenvalue weighted by Crippen LogP contribution is -2.44. The van der Waals surface area contributed by atoms with Crippen LogP contribution < -0.4 is 5.73 Å². The highest BCUT2D eigenvalue weighted by Crippen LogP contribution is 2.24. The van der Waals surface area contributed by atoms with E-state index in [0.29, 0.717) is 19.5 Å². The Bertz CT molecular complexity index is 592. The van der Waals surface area contributed by atoms with Gasteiger partial charge in [0.05, 0.1) is 6.04 Å². The van der Waals surface area contributed by atoms with Gasteiger partial charge in [-0.15, -0.1) is 5.10 Å². The van der Waals surface area contributed by atoms with Crippen molar-refractivity contribution in [2.24, 2.45) is 5.73 Å². The minimum atomic E-state index is -1.12. The molecule has 1 amide bonds. The lowest BCUT2D eigenvalue weighted by atomic mass is 10.1. The number of likely N-dealkylation sites (tertiary alicyclic amines) is 1. The van der Waals surface area contributed by atoms with Crippen LogP contribution in [0.15, 0.2) is 0 Å². The van der Waals surface area contributed by atoms with Gasteiger partial charge in [0.2, 0.25) is 0 Å². The largest absolute Gasteiger partial charge is 0.476 e. The van der Waals surface area contributed by atoms with E-state index in [-0.39, 0.29) is 24.0 Å². The van der Waals surface area contributed by atoms with E-state index in [1.165, 1.54) is 4.68 Å². The van der Waals surface area contributed by atoms with Crippen molar-refractivity contribution in [3.63, 3.8) is 0 Å². The molecule has 23 heavy (non-hydrogen) atoms. The fraction of sp³-hybridized carbons (Fsp3) is 0.714. The van der Waals surface area contributed by atoms with Crippen LogP contribution >= 0.6 is 0 Å². The zero-order valence-electron chi connectivity index (χ0n) is 13.7. The van der Waals surface area contributed by atoms with Gasteiger partial charge < -0.3 is 20.5 Å². The third-order valence-corrected chi connectivity index (χ3v) is 3.55. The third kappa shape index (κ3) is 3.98. The van der Waals surface area contributed by atoms with Gasteiger partial charge in [-0.05, 0) is 33.6 Å². The van der Waals surface area contributed by atoms with Crippen molar-refractivity contribution in [1.29, 1.82) is 0 Å². The van der Waals surface area contributed by atoms with E-state index in [4.69, 9.17) is 10.5 Å². The topological polar surface area (TPSA) is 124 Å². The van der Waals surface area contributed by atoms with Gasteiger partial charge >= 0.3 is 12.1 Å². The zero-order valence-corrected chi connectivity index (χ0v) is 13.7. The zero-order chi connectivity index (χ0) is 17.2. The highest BCUT2D eigenvalue weighted by atomic mass is 16.6. The van der Waals surface area contributed by atoms with Crippen LogP contribution in [-0.2, 0) is 11.3 Å². The molecule has 1 unspecified atom stereocenters. The predicted molar refractivity (Wildman–Crippen MR) is 81.0 cm³/mol. The van der Waals surface area contributed by atoms with Gasteiger partial charge in [-0.3, -0.25) is 0 Å². The van der Waals surface area contributed by atoms with Crippen molar-refractivity contribution in [2.45, 2.75) is 51.8 Å². The summed E-state index contributed by atoms with van der Waals surface area (Å²) in [6.45, 7) is 6.33. The minimum Gasteiger partial charge on any atom is -0.476 e. The first-order valence-electron chi connectivity index (χ1n) is 7.58. The number of carboxylic acid groups (broad SMARTS) is 1. The summed E-state index contributed by atoms with van der Waals surface area (Å²) in [6.07, 6.45) is 1.05. The first kappa shape index (κ1) is 17.2. The first-order valence-corrected chi connectivity index (χ1v) is 7.58. The van der Waals surface area contributed by atoms with Crippen LogP contribution in [0.5, 0.6) is 0 Å². The van der Waals surface area contributed by atoms with Crippen molar-refractivity contribution in [2.75, 3.05) is 13.1 Å². The molecule has 1 fully saturated rings. The van der Waals surface area contributed by atoms with E-state index in [2.05, 4.69) is 10.3 Å². The average Bonchev–Trinajstić information content (AvgIpc) is 2.89. The summed E-state index contributed by atoms with van der Waals surface area (Å²) >= 11 is 0. The molecule has 2 heterocycles. The van der Waals surface area contributed by atoms with E-state index in [9.17, 15) is 14.7 Å². The van der Waals surface area contributed by atoms with Crippen molar-refractivity contribution in [1.82, 2.24) is 19.9 Å². The molecule has 2 rings (SSSR count). The summed E-state index contributed by atoms with van der Waals surface area (Å²) in [7, 11) is 0. The van der Waals surface area contributed by atoms with E-state index < -0.39 is 17.7 Å². The third-order valence-electron chi connectivity index (χ3n) is 3.55. The lowest BCUT2D eigenvalue weighted by Gasteiger charge is -2.34. The Balaban J connectivity index is 2.17. The van der Waals surface area contributed by atoms with Crippen molar-refractivity contribution >= 4 is 12.1 Å². The summed E-state index contributed by atoms with van der Waals surface area (Å²) in [5.74, 6) is -1.12. The molecule has 1 aliphatic rings. The molecule has 1 saturated heterocycles. The Morgan fingerprint density at radius 1 is 1.43 bits per heavy atom. The summed E-state index contributed by atoms with van der Waals surface area (Å²) in [5.41, 5.74) is 5.17. The summed E-state index contributed by atoms with van der Waals surface area (Å²) < 4.78 is 6.73. The number of carbonyl (C=O) groups excluding carboxylic acids is 1. The number of hydrogen-bond donors (Lipinski definition) is 2. The first-order chi connectivity index (χ1) is 10.7. The number of aromatic carboxylic acids is 1. The fourth-order valence-electron chi connectivity index (χ4n) is 2.59. The molecule has 0 saturated carbocycles. The minimum absolute atomic E-state index is 0.00410. The van der Waals surface area contributed by atoms with Crippen molar-refractivity contribution in [3.8, 4) is 0 Å². The van der Waals surface area contributed by atoms with Gasteiger partial charge in [0.25, 0.3) is 0 Å². The molecule has 9 nitrogen and oxygen atoms in total. The number of nitrogens with zero attached hydrogens (tertiary/aromatic N) is 4. The molecule has 1 aliphatic heterocycles. The number of carbonyl (C=O) groups is 2. The van der Waals surface area contributed by atoms with Crippen LogP contribution in [-0.4, -0.2) is 55.8 Å². The summed E-state index contributed by atoms with van der Waals surface area (Å²) in [4.78, 5) is 25.2. The van der Waals surface area contributed by atoms with Crippen molar-refractivity contribution in [3.05, 3.63) is 11.4 Å². The Hall–Kier alpha value is -2.16. The van der Waals surface area contributed by atoms with Gasteiger partial charge in [0.15, 0.2) is 5.69 Å². The molecule has 1 aromatic heterocycles. The number of hydrogen-bond acceptors (Lipinski definition) is 6. The molecule has 0 bridgehead atoms. The van der Waals surface area contributed by atoms with E-state index in [1.54, 1.807) is 25.7 Å². The van der Waals surface area contributed by atoms with Crippen molar-refractivity contribution < 1.29 is 19.4 Å². The van der Waals surface area contributed by atoms with Crippen LogP contribution in [0.25, 0.3) is 0 Å². The lowest BCUT2D eigenvalue weighted by molar-refractivity contribution is 0.0165. The molecular weight excluding hydrogens is 302 g/mol.